The van der Waals surface area contributed by atoms with Crippen molar-refractivity contribution in [2.45, 2.75) is 40.5 Å². The molecule has 4 heteroatoms. The van der Waals surface area contributed by atoms with Crippen molar-refractivity contribution in [3.63, 3.8) is 0 Å². The topological polar surface area (TPSA) is 38.9 Å². The van der Waals surface area contributed by atoms with Crippen molar-refractivity contribution in [1.82, 2.24) is 10.1 Å². The second kappa shape index (κ2) is 4.30. The van der Waals surface area contributed by atoms with Crippen molar-refractivity contribution >= 4 is 11.6 Å². The van der Waals surface area contributed by atoms with Crippen molar-refractivity contribution < 1.29 is 4.52 Å². The number of hydrogen-bond acceptors (Lipinski definition) is 3. The third-order valence-corrected chi connectivity index (χ3v) is 2.08. The summed E-state index contributed by atoms with van der Waals surface area (Å²) in [5.74, 6) is 1.17. The molecule has 0 radical (unpaired) electrons. The van der Waals surface area contributed by atoms with E-state index in [0.717, 1.165) is 12.8 Å². The molecule has 0 saturated carbocycles. The molecule has 0 aliphatic rings. The molecule has 80 valence electrons. The van der Waals surface area contributed by atoms with Crippen LogP contribution in [0.1, 0.15) is 40.0 Å². The highest BCUT2D eigenvalue weighted by Gasteiger charge is 2.17. The molecule has 0 aliphatic carbocycles. The minimum Gasteiger partial charge on any atom is -0.338 e. The maximum atomic E-state index is 5.56. The van der Waals surface area contributed by atoms with Gasteiger partial charge in [0.15, 0.2) is 0 Å². The van der Waals surface area contributed by atoms with Crippen LogP contribution >= 0.6 is 11.6 Å². The average Bonchev–Trinajstić information content (AvgIpc) is 2.30. The van der Waals surface area contributed by atoms with E-state index in [4.69, 9.17) is 16.1 Å². The fourth-order valence-electron chi connectivity index (χ4n) is 1.73. The normalized spacial score (nSPS) is 14.4. The van der Waals surface area contributed by atoms with Crippen LogP contribution in [0.5, 0.6) is 0 Å². The molecule has 0 spiro atoms. The third kappa shape index (κ3) is 4.09. The zero-order valence-corrected chi connectivity index (χ0v) is 9.93. The van der Waals surface area contributed by atoms with Gasteiger partial charge in [0.1, 0.15) is 0 Å². The molecular formula is C10H17ClN2O. The van der Waals surface area contributed by atoms with Crippen molar-refractivity contribution in [3.05, 3.63) is 11.2 Å². The predicted molar refractivity (Wildman–Crippen MR) is 56.2 cm³/mol. The Kier molecular flexibility index (Phi) is 3.53. The van der Waals surface area contributed by atoms with Gasteiger partial charge in [-0.3, -0.25) is 0 Å². The minimum absolute atomic E-state index is 0.197. The summed E-state index contributed by atoms with van der Waals surface area (Å²) in [5.41, 5.74) is 0.337. The number of halogens is 1. The van der Waals surface area contributed by atoms with E-state index >= 15 is 0 Å². The minimum atomic E-state index is 0.197. The molecule has 0 saturated heterocycles. The lowest BCUT2D eigenvalue weighted by molar-refractivity contribution is 0.282. The summed E-state index contributed by atoms with van der Waals surface area (Å²) in [7, 11) is 0. The van der Waals surface area contributed by atoms with E-state index in [-0.39, 0.29) is 5.28 Å². The van der Waals surface area contributed by atoms with Gasteiger partial charge in [0, 0.05) is 6.42 Å². The van der Waals surface area contributed by atoms with E-state index in [0.29, 0.717) is 17.2 Å². The van der Waals surface area contributed by atoms with Gasteiger partial charge in [-0.25, -0.2) is 0 Å². The first-order chi connectivity index (χ1) is 6.37. The molecular weight excluding hydrogens is 200 g/mol. The van der Waals surface area contributed by atoms with E-state index < -0.39 is 0 Å². The molecule has 0 amide bonds. The molecule has 1 rings (SSSR count). The van der Waals surface area contributed by atoms with E-state index in [1.165, 1.54) is 0 Å². The van der Waals surface area contributed by atoms with Crippen LogP contribution < -0.4 is 0 Å². The molecule has 14 heavy (non-hydrogen) atoms. The van der Waals surface area contributed by atoms with Gasteiger partial charge in [-0.2, -0.15) is 4.98 Å². The molecule has 1 aromatic heterocycles. The number of hydrogen-bond donors (Lipinski definition) is 0. The molecule has 0 bridgehead atoms. The second-order valence-electron chi connectivity index (χ2n) is 5.03. The van der Waals surface area contributed by atoms with Crippen molar-refractivity contribution in [2.75, 3.05) is 0 Å². The number of rotatable bonds is 3. The van der Waals surface area contributed by atoms with Gasteiger partial charge in [0.05, 0.1) is 0 Å². The largest absolute Gasteiger partial charge is 0.338 e. The summed E-state index contributed by atoms with van der Waals surface area (Å²) in [6, 6.07) is 0. The first kappa shape index (κ1) is 11.5. The molecule has 0 fully saturated rings. The van der Waals surface area contributed by atoms with Crippen molar-refractivity contribution in [2.24, 2.45) is 11.3 Å². The van der Waals surface area contributed by atoms with Crippen LogP contribution in [0.2, 0.25) is 5.28 Å². The Labute approximate surface area is 89.8 Å². The molecule has 1 heterocycles. The Morgan fingerprint density at radius 3 is 2.50 bits per heavy atom. The lowest BCUT2D eigenvalue weighted by Crippen LogP contribution is -2.12. The van der Waals surface area contributed by atoms with Crippen LogP contribution in [0, 0.1) is 11.3 Å². The molecule has 1 unspecified atom stereocenters. The molecule has 0 N–H and O–H groups in total. The Morgan fingerprint density at radius 1 is 1.43 bits per heavy atom. The van der Waals surface area contributed by atoms with Crippen LogP contribution in [0.25, 0.3) is 0 Å². The first-order valence-corrected chi connectivity index (χ1v) is 5.23. The fraction of sp³-hybridized carbons (Fsp3) is 0.800. The molecule has 1 aromatic rings. The van der Waals surface area contributed by atoms with Crippen LogP contribution in [0.3, 0.4) is 0 Å². The number of aromatic nitrogens is 2. The molecule has 0 aliphatic heterocycles. The van der Waals surface area contributed by atoms with Gasteiger partial charge in [0.2, 0.25) is 5.89 Å². The zero-order valence-electron chi connectivity index (χ0n) is 9.17. The van der Waals surface area contributed by atoms with Gasteiger partial charge in [0.25, 0.3) is 5.28 Å². The van der Waals surface area contributed by atoms with Gasteiger partial charge in [-0.05, 0) is 34.5 Å². The maximum Gasteiger partial charge on any atom is 0.263 e. The molecule has 0 aromatic carbocycles. The highest BCUT2D eigenvalue weighted by atomic mass is 35.5. The van der Waals surface area contributed by atoms with Gasteiger partial charge in [-0.15, -0.1) is 0 Å². The summed E-state index contributed by atoms with van der Waals surface area (Å²) >= 11 is 5.56. The Balaban J connectivity index is 2.45. The van der Waals surface area contributed by atoms with E-state index in [1.54, 1.807) is 0 Å². The second-order valence-corrected chi connectivity index (χ2v) is 5.37. The maximum absolute atomic E-state index is 5.56. The summed E-state index contributed by atoms with van der Waals surface area (Å²) < 4.78 is 4.96. The highest BCUT2D eigenvalue weighted by molar-refractivity contribution is 6.28. The van der Waals surface area contributed by atoms with Crippen molar-refractivity contribution in [1.29, 1.82) is 0 Å². The Bertz CT molecular complexity index is 291. The van der Waals surface area contributed by atoms with Crippen LogP contribution in [-0.2, 0) is 6.42 Å². The van der Waals surface area contributed by atoms with Gasteiger partial charge < -0.3 is 4.52 Å². The summed E-state index contributed by atoms with van der Waals surface area (Å²) in [6.45, 7) is 8.86. The predicted octanol–water partition coefficient (Wildman–Crippen LogP) is 3.34. The zero-order chi connectivity index (χ0) is 10.8. The Hall–Kier alpha value is -0.570. The molecule has 3 nitrogen and oxygen atoms in total. The van der Waals surface area contributed by atoms with Crippen LogP contribution in [0.15, 0.2) is 4.52 Å². The molecule has 1 atom stereocenters. The lowest BCUT2D eigenvalue weighted by atomic mass is 9.84. The smallest absolute Gasteiger partial charge is 0.263 e. The Morgan fingerprint density at radius 2 is 2.07 bits per heavy atom. The van der Waals surface area contributed by atoms with Crippen LogP contribution in [0.4, 0.5) is 0 Å². The average molecular weight is 217 g/mol. The standard InChI is InChI=1S/C10H17ClN2O/c1-7(6-10(2,3)4)5-8-12-9(11)13-14-8/h7H,5-6H2,1-4H3. The van der Waals surface area contributed by atoms with Gasteiger partial charge in [-0.1, -0.05) is 27.7 Å². The lowest BCUT2D eigenvalue weighted by Gasteiger charge is -2.21. The SMILES string of the molecule is CC(Cc1nc(Cl)no1)CC(C)(C)C. The monoisotopic (exact) mass is 216 g/mol. The number of nitrogens with zero attached hydrogens (tertiary/aromatic N) is 2. The highest BCUT2D eigenvalue weighted by Crippen LogP contribution is 2.26. The summed E-state index contributed by atoms with van der Waals surface area (Å²) in [6.07, 6.45) is 1.93. The van der Waals surface area contributed by atoms with E-state index in [1.807, 2.05) is 0 Å². The summed E-state index contributed by atoms with van der Waals surface area (Å²) in [4.78, 5) is 3.97. The first-order valence-electron chi connectivity index (χ1n) is 4.85. The fourth-order valence-corrected chi connectivity index (χ4v) is 1.86. The quantitative estimate of drug-likeness (QED) is 0.778. The van der Waals surface area contributed by atoms with E-state index in [9.17, 15) is 0 Å². The third-order valence-electron chi connectivity index (χ3n) is 1.93. The van der Waals surface area contributed by atoms with E-state index in [2.05, 4.69) is 37.8 Å². The summed E-state index contributed by atoms with van der Waals surface area (Å²) in [5, 5.41) is 3.74. The van der Waals surface area contributed by atoms with Crippen LogP contribution in [-0.4, -0.2) is 10.1 Å². The van der Waals surface area contributed by atoms with Crippen molar-refractivity contribution in [3.8, 4) is 0 Å². The van der Waals surface area contributed by atoms with Gasteiger partial charge >= 0.3 is 0 Å².